The maximum atomic E-state index is 13.9. The van der Waals surface area contributed by atoms with E-state index in [2.05, 4.69) is 4.90 Å². The fraction of sp³-hybridized carbons (Fsp3) is 0.333. The molecule has 0 bridgehead atoms. The molecule has 0 atom stereocenters. The van der Waals surface area contributed by atoms with Gasteiger partial charge in [0, 0.05) is 30.3 Å². The summed E-state index contributed by atoms with van der Waals surface area (Å²) < 4.78 is 32.7. The number of hydrogen-bond donors (Lipinski definition) is 0. The summed E-state index contributed by atoms with van der Waals surface area (Å²) in [7, 11) is 1.58. The van der Waals surface area contributed by atoms with Gasteiger partial charge in [-0.25, -0.2) is 8.78 Å². The van der Waals surface area contributed by atoms with E-state index in [-0.39, 0.29) is 11.6 Å². The van der Waals surface area contributed by atoms with Gasteiger partial charge in [-0.05, 0) is 37.1 Å². The number of nitrogens with zero attached hydrogens (tertiary/aromatic N) is 1. The summed E-state index contributed by atoms with van der Waals surface area (Å²) in [5.74, 6) is 0.192. The normalized spacial score (nSPS) is 14.4. The average molecular weight is 303 g/mol. The third-order valence-corrected chi connectivity index (χ3v) is 4.01. The first kappa shape index (κ1) is 15.0. The zero-order chi connectivity index (χ0) is 15.5. The summed E-state index contributed by atoms with van der Waals surface area (Å²) in [5, 5.41) is 0. The molecule has 1 fully saturated rings. The van der Waals surface area contributed by atoms with Gasteiger partial charge in [0.05, 0.1) is 7.11 Å². The SMILES string of the molecule is COc1ccc(F)cc1CN(Cc1ccccc1F)C1CC1. The van der Waals surface area contributed by atoms with Crippen LogP contribution >= 0.6 is 0 Å². The lowest BCUT2D eigenvalue weighted by molar-refractivity contribution is 0.238. The van der Waals surface area contributed by atoms with Crippen molar-refractivity contribution in [1.82, 2.24) is 4.90 Å². The third kappa shape index (κ3) is 3.45. The molecule has 3 rings (SSSR count). The molecule has 4 heteroatoms. The van der Waals surface area contributed by atoms with Crippen LogP contribution in [0.25, 0.3) is 0 Å². The monoisotopic (exact) mass is 303 g/mol. The van der Waals surface area contributed by atoms with Crippen LogP contribution < -0.4 is 4.74 Å². The summed E-state index contributed by atoms with van der Waals surface area (Å²) in [6.07, 6.45) is 2.21. The van der Waals surface area contributed by atoms with Crippen molar-refractivity contribution in [2.24, 2.45) is 0 Å². The van der Waals surface area contributed by atoms with E-state index in [0.29, 0.717) is 30.4 Å². The molecule has 0 N–H and O–H groups in total. The molecule has 2 aromatic carbocycles. The lowest BCUT2D eigenvalue weighted by Crippen LogP contribution is -2.25. The molecule has 0 aliphatic heterocycles. The van der Waals surface area contributed by atoms with Crippen molar-refractivity contribution in [3.8, 4) is 5.75 Å². The molecule has 0 radical (unpaired) electrons. The van der Waals surface area contributed by atoms with Crippen LogP contribution in [-0.4, -0.2) is 18.1 Å². The van der Waals surface area contributed by atoms with Crippen molar-refractivity contribution < 1.29 is 13.5 Å². The second kappa shape index (κ2) is 6.44. The number of rotatable bonds is 6. The van der Waals surface area contributed by atoms with Gasteiger partial charge in [0.25, 0.3) is 0 Å². The molecule has 0 unspecified atom stereocenters. The summed E-state index contributed by atoms with van der Waals surface area (Å²) in [5.41, 5.74) is 1.47. The zero-order valence-electron chi connectivity index (χ0n) is 12.6. The second-order valence-electron chi connectivity index (χ2n) is 5.68. The van der Waals surface area contributed by atoms with E-state index in [9.17, 15) is 8.78 Å². The van der Waals surface area contributed by atoms with E-state index in [0.717, 1.165) is 18.4 Å². The van der Waals surface area contributed by atoms with Gasteiger partial charge in [-0.3, -0.25) is 4.90 Å². The number of hydrogen-bond acceptors (Lipinski definition) is 2. The minimum absolute atomic E-state index is 0.195. The minimum atomic E-state index is -0.280. The Morgan fingerprint density at radius 3 is 2.45 bits per heavy atom. The molecule has 0 heterocycles. The first-order chi connectivity index (χ1) is 10.7. The van der Waals surface area contributed by atoms with E-state index in [1.807, 2.05) is 6.07 Å². The Morgan fingerprint density at radius 1 is 1.05 bits per heavy atom. The molecule has 1 aliphatic rings. The Morgan fingerprint density at radius 2 is 1.77 bits per heavy atom. The Labute approximate surface area is 129 Å². The Hall–Kier alpha value is -1.94. The van der Waals surface area contributed by atoms with E-state index in [1.165, 1.54) is 18.2 Å². The molecule has 1 aliphatic carbocycles. The Bertz CT molecular complexity index is 655. The fourth-order valence-electron chi connectivity index (χ4n) is 2.69. The first-order valence-corrected chi connectivity index (χ1v) is 7.47. The van der Waals surface area contributed by atoms with Crippen LogP contribution in [0.15, 0.2) is 42.5 Å². The molecule has 116 valence electrons. The van der Waals surface area contributed by atoms with E-state index in [1.54, 1.807) is 25.3 Å². The predicted molar refractivity (Wildman–Crippen MR) is 81.6 cm³/mol. The van der Waals surface area contributed by atoms with Crippen molar-refractivity contribution in [2.75, 3.05) is 7.11 Å². The van der Waals surface area contributed by atoms with Crippen LogP contribution in [0, 0.1) is 11.6 Å². The van der Waals surface area contributed by atoms with Crippen molar-refractivity contribution in [2.45, 2.75) is 32.0 Å². The lowest BCUT2D eigenvalue weighted by atomic mass is 10.1. The van der Waals surface area contributed by atoms with Gasteiger partial charge in [-0.1, -0.05) is 18.2 Å². The Kier molecular flexibility index (Phi) is 4.39. The van der Waals surface area contributed by atoms with Crippen LogP contribution in [0.3, 0.4) is 0 Å². The molecule has 0 aromatic heterocycles. The number of benzene rings is 2. The summed E-state index contributed by atoms with van der Waals surface area (Å²) >= 11 is 0. The van der Waals surface area contributed by atoms with Crippen LogP contribution in [0.1, 0.15) is 24.0 Å². The molecule has 2 nitrogen and oxygen atoms in total. The first-order valence-electron chi connectivity index (χ1n) is 7.47. The molecule has 0 spiro atoms. The Balaban J connectivity index is 1.81. The van der Waals surface area contributed by atoms with Crippen molar-refractivity contribution in [1.29, 1.82) is 0 Å². The van der Waals surface area contributed by atoms with Crippen LogP contribution in [0.2, 0.25) is 0 Å². The summed E-state index contributed by atoms with van der Waals surface area (Å²) in [6, 6.07) is 11.8. The maximum absolute atomic E-state index is 13.9. The lowest BCUT2D eigenvalue weighted by Gasteiger charge is -2.23. The molecule has 2 aromatic rings. The van der Waals surface area contributed by atoms with Gasteiger partial charge in [-0.15, -0.1) is 0 Å². The fourth-order valence-corrected chi connectivity index (χ4v) is 2.69. The third-order valence-electron chi connectivity index (χ3n) is 4.01. The van der Waals surface area contributed by atoms with Gasteiger partial charge in [0.1, 0.15) is 17.4 Å². The largest absolute Gasteiger partial charge is 0.496 e. The average Bonchev–Trinajstić information content (AvgIpc) is 3.34. The van der Waals surface area contributed by atoms with Crippen LogP contribution in [-0.2, 0) is 13.1 Å². The molecule has 22 heavy (non-hydrogen) atoms. The number of methoxy groups -OCH3 is 1. The van der Waals surface area contributed by atoms with Crippen molar-refractivity contribution >= 4 is 0 Å². The molecule has 1 saturated carbocycles. The second-order valence-corrected chi connectivity index (χ2v) is 5.68. The summed E-state index contributed by atoms with van der Waals surface area (Å²) in [6.45, 7) is 1.08. The predicted octanol–water partition coefficient (Wildman–Crippen LogP) is 4.14. The summed E-state index contributed by atoms with van der Waals surface area (Å²) in [4.78, 5) is 2.19. The zero-order valence-corrected chi connectivity index (χ0v) is 12.6. The van der Waals surface area contributed by atoms with Crippen LogP contribution in [0.4, 0.5) is 8.78 Å². The van der Waals surface area contributed by atoms with Gasteiger partial charge in [-0.2, -0.15) is 0 Å². The highest BCUT2D eigenvalue weighted by Gasteiger charge is 2.30. The molecular formula is C18H19F2NO. The highest BCUT2D eigenvalue weighted by molar-refractivity contribution is 5.34. The maximum Gasteiger partial charge on any atom is 0.127 e. The minimum Gasteiger partial charge on any atom is -0.496 e. The van der Waals surface area contributed by atoms with Gasteiger partial charge in [0.15, 0.2) is 0 Å². The quantitative estimate of drug-likeness (QED) is 0.795. The van der Waals surface area contributed by atoms with E-state index in [4.69, 9.17) is 4.74 Å². The molecule has 0 amide bonds. The van der Waals surface area contributed by atoms with E-state index >= 15 is 0 Å². The molecule has 0 saturated heterocycles. The van der Waals surface area contributed by atoms with Gasteiger partial charge >= 0.3 is 0 Å². The number of halogens is 2. The van der Waals surface area contributed by atoms with Crippen LogP contribution in [0.5, 0.6) is 5.75 Å². The highest BCUT2D eigenvalue weighted by atomic mass is 19.1. The highest BCUT2D eigenvalue weighted by Crippen LogP contribution is 2.32. The van der Waals surface area contributed by atoms with Gasteiger partial charge in [0.2, 0.25) is 0 Å². The molecular weight excluding hydrogens is 284 g/mol. The van der Waals surface area contributed by atoms with E-state index < -0.39 is 0 Å². The van der Waals surface area contributed by atoms with Crippen molar-refractivity contribution in [3.05, 3.63) is 65.2 Å². The standard InChI is InChI=1S/C18H19F2NO/c1-22-18-9-6-15(19)10-14(18)12-21(16-7-8-16)11-13-4-2-3-5-17(13)20/h2-6,9-10,16H,7-8,11-12H2,1H3. The van der Waals surface area contributed by atoms with Crippen molar-refractivity contribution in [3.63, 3.8) is 0 Å². The topological polar surface area (TPSA) is 12.5 Å². The van der Waals surface area contributed by atoms with Gasteiger partial charge < -0.3 is 4.74 Å². The smallest absolute Gasteiger partial charge is 0.127 e. The number of ether oxygens (including phenoxy) is 1.